The lowest BCUT2D eigenvalue weighted by molar-refractivity contribution is 0.0946. The number of rotatable bonds is 6. The molecule has 6 nitrogen and oxygen atoms in total. The van der Waals surface area contributed by atoms with E-state index in [9.17, 15) is 4.79 Å². The lowest BCUT2D eigenvalue weighted by Gasteiger charge is -2.32. The van der Waals surface area contributed by atoms with E-state index in [1.165, 1.54) is 11.1 Å². The fraction of sp³-hybridized carbons (Fsp3) is 0.571. The normalized spacial score (nSPS) is 14.6. The Kier molecular flexibility index (Phi) is 5.95. The molecule has 6 heteroatoms. The highest BCUT2D eigenvalue weighted by molar-refractivity contribution is 5.93. The summed E-state index contributed by atoms with van der Waals surface area (Å²) >= 11 is 0. The maximum Gasteiger partial charge on any atom is 0.273 e. The third-order valence-electron chi connectivity index (χ3n) is 5.35. The molecule has 0 atom stereocenters. The lowest BCUT2D eigenvalue weighted by Crippen LogP contribution is -2.36. The van der Waals surface area contributed by atoms with Gasteiger partial charge in [-0.15, -0.1) is 5.10 Å². The summed E-state index contributed by atoms with van der Waals surface area (Å²) in [7, 11) is 0. The molecule has 0 spiro atoms. The summed E-state index contributed by atoms with van der Waals surface area (Å²) in [6.45, 7) is 13.3. The number of amides is 1. The SMILES string of the molecule is Cc1c(C(=O)NCCC(C)C)nnn1-c1cccc2c1CCN(C(C)C)C2. The molecule has 27 heavy (non-hydrogen) atoms. The van der Waals surface area contributed by atoms with Gasteiger partial charge in [-0.3, -0.25) is 9.69 Å². The quantitative estimate of drug-likeness (QED) is 0.850. The first-order chi connectivity index (χ1) is 12.9. The van der Waals surface area contributed by atoms with Crippen LogP contribution < -0.4 is 5.32 Å². The minimum absolute atomic E-state index is 0.143. The Labute approximate surface area is 161 Å². The molecule has 2 aromatic rings. The second-order valence-corrected chi connectivity index (χ2v) is 8.10. The van der Waals surface area contributed by atoms with Gasteiger partial charge in [0.15, 0.2) is 5.69 Å². The third-order valence-corrected chi connectivity index (χ3v) is 5.35. The van der Waals surface area contributed by atoms with Gasteiger partial charge in [-0.2, -0.15) is 0 Å². The molecule has 0 aliphatic carbocycles. The van der Waals surface area contributed by atoms with Crippen molar-refractivity contribution in [3.8, 4) is 5.69 Å². The summed E-state index contributed by atoms with van der Waals surface area (Å²) < 4.78 is 1.82. The molecule has 1 N–H and O–H groups in total. The van der Waals surface area contributed by atoms with Crippen molar-refractivity contribution in [2.75, 3.05) is 13.1 Å². The van der Waals surface area contributed by atoms with Crippen LogP contribution >= 0.6 is 0 Å². The third kappa shape index (κ3) is 4.21. The standard InChI is InChI=1S/C21H31N5O/c1-14(2)9-11-22-21(27)20-16(5)26(24-23-20)19-8-6-7-17-13-25(15(3)4)12-10-18(17)19/h6-8,14-15H,9-13H2,1-5H3,(H,22,27). The number of hydrogen-bond acceptors (Lipinski definition) is 4. The van der Waals surface area contributed by atoms with Gasteiger partial charge in [-0.25, -0.2) is 4.68 Å². The molecular weight excluding hydrogens is 338 g/mol. The van der Waals surface area contributed by atoms with Crippen LogP contribution in [-0.2, 0) is 13.0 Å². The molecule has 0 saturated carbocycles. The maximum absolute atomic E-state index is 12.5. The molecule has 2 heterocycles. The number of benzene rings is 1. The van der Waals surface area contributed by atoms with Crippen LogP contribution in [0.25, 0.3) is 5.69 Å². The predicted molar refractivity (Wildman–Crippen MR) is 107 cm³/mol. The fourth-order valence-corrected chi connectivity index (χ4v) is 3.58. The topological polar surface area (TPSA) is 63.1 Å². The Morgan fingerprint density at radius 1 is 1.26 bits per heavy atom. The highest BCUT2D eigenvalue weighted by Gasteiger charge is 2.23. The van der Waals surface area contributed by atoms with E-state index in [0.29, 0.717) is 24.2 Å². The van der Waals surface area contributed by atoms with Crippen molar-refractivity contribution in [3.63, 3.8) is 0 Å². The molecule has 0 fully saturated rings. The van der Waals surface area contributed by atoms with Crippen molar-refractivity contribution < 1.29 is 4.79 Å². The van der Waals surface area contributed by atoms with E-state index in [4.69, 9.17) is 0 Å². The monoisotopic (exact) mass is 369 g/mol. The molecular formula is C21H31N5O. The fourth-order valence-electron chi connectivity index (χ4n) is 3.58. The zero-order valence-electron chi connectivity index (χ0n) is 17.1. The van der Waals surface area contributed by atoms with E-state index in [1.807, 2.05) is 11.6 Å². The Morgan fingerprint density at radius 2 is 2.04 bits per heavy atom. The zero-order chi connectivity index (χ0) is 19.6. The minimum atomic E-state index is -0.143. The molecule has 0 radical (unpaired) electrons. The Balaban J connectivity index is 1.83. The molecule has 1 aromatic carbocycles. The van der Waals surface area contributed by atoms with Crippen LogP contribution in [0.1, 0.15) is 61.4 Å². The van der Waals surface area contributed by atoms with Crippen molar-refractivity contribution in [3.05, 3.63) is 40.7 Å². The number of carbonyl (C=O) groups is 1. The molecule has 1 aromatic heterocycles. The van der Waals surface area contributed by atoms with E-state index < -0.39 is 0 Å². The Hall–Kier alpha value is -2.21. The second-order valence-electron chi connectivity index (χ2n) is 8.10. The van der Waals surface area contributed by atoms with Crippen LogP contribution in [-0.4, -0.2) is 44.9 Å². The highest BCUT2D eigenvalue weighted by atomic mass is 16.2. The summed E-state index contributed by atoms with van der Waals surface area (Å²) in [6.07, 6.45) is 1.94. The van der Waals surface area contributed by atoms with Gasteiger partial charge in [0, 0.05) is 25.7 Å². The van der Waals surface area contributed by atoms with E-state index in [1.54, 1.807) is 0 Å². The predicted octanol–water partition coefficient (Wildman–Crippen LogP) is 3.12. The van der Waals surface area contributed by atoms with E-state index in [0.717, 1.165) is 37.3 Å². The molecule has 0 saturated heterocycles. The second kappa shape index (κ2) is 8.21. The molecule has 0 bridgehead atoms. The van der Waals surface area contributed by atoms with Gasteiger partial charge in [0.2, 0.25) is 0 Å². The molecule has 146 valence electrons. The first-order valence-electron chi connectivity index (χ1n) is 9.94. The van der Waals surface area contributed by atoms with Gasteiger partial charge in [0.05, 0.1) is 11.4 Å². The van der Waals surface area contributed by atoms with Crippen LogP contribution in [0.5, 0.6) is 0 Å². The molecule has 1 aliphatic heterocycles. The van der Waals surface area contributed by atoms with Crippen molar-refractivity contribution in [2.45, 2.75) is 60.0 Å². The van der Waals surface area contributed by atoms with Gasteiger partial charge in [0.1, 0.15) is 0 Å². The van der Waals surface area contributed by atoms with E-state index in [-0.39, 0.29) is 5.91 Å². The van der Waals surface area contributed by atoms with Gasteiger partial charge >= 0.3 is 0 Å². The Bertz CT molecular complexity index is 809. The Morgan fingerprint density at radius 3 is 2.74 bits per heavy atom. The average molecular weight is 370 g/mol. The number of aromatic nitrogens is 3. The number of fused-ring (bicyclic) bond motifs is 1. The van der Waals surface area contributed by atoms with Crippen molar-refractivity contribution in [1.82, 2.24) is 25.2 Å². The van der Waals surface area contributed by atoms with Crippen LogP contribution in [0, 0.1) is 12.8 Å². The summed E-state index contributed by atoms with van der Waals surface area (Å²) in [5, 5.41) is 11.4. The molecule has 0 unspecified atom stereocenters. The summed E-state index contributed by atoms with van der Waals surface area (Å²) in [6, 6.07) is 6.88. The molecule has 1 amide bonds. The van der Waals surface area contributed by atoms with Crippen LogP contribution in [0.3, 0.4) is 0 Å². The maximum atomic E-state index is 12.5. The van der Waals surface area contributed by atoms with Crippen LogP contribution in [0.4, 0.5) is 0 Å². The number of hydrogen-bond donors (Lipinski definition) is 1. The van der Waals surface area contributed by atoms with Crippen molar-refractivity contribution in [2.24, 2.45) is 5.92 Å². The minimum Gasteiger partial charge on any atom is -0.351 e. The summed E-state index contributed by atoms with van der Waals surface area (Å²) in [4.78, 5) is 14.9. The van der Waals surface area contributed by atoms with Crippen molar-refractivity contribution >= 4 is 5.91 Å². The smallest absolute Gasteiger partial charge is 0.273 e. The van der Waals surface area contributed by atoms with Gasteiger partial charge in [0.25, 0.3) is 5.91 Å². The largest absolute Gasteiger partial charge is 0.351 e. The number of nitrogens with zero attached hydrogens (tertiary/aromatic N) is 4. The summed E-state index contributed by atoms with van der Waals surface area (Å²) in [5.41, 5.74) is 4.90. The van der Waals surface area contributed by atoms with Crippen LogP contribution in [0.15, 0.2) is 18.2 Å². The lowest BCUT2D eigenvalue weighted by atomic mass is 9.97. The van der Waals surface area contributed by atoms with E-state index >= 15 is 0 Å². The van der Waals surface area contributed by atoms with Gasteiger partial charge in [-0.05, 0) is 56.7 Å². The van der Waals surface area contributed by atoms with E-state index in [2.05, 4.69) is 66.4 Å². The summed E-state index contributed by atoms with van der Waals surface area (Å²) in [5.74, 6) is 0.415. The zero-order valence-corrected chi connectivity index (χ0v) is 17.1. The van der Waals surface area contributed by atoms with Gasteiger partial charge in [-0.1, -0.05) is 31.2 Å². The number of nitrogens with one attached hydrogen (secondary N) is 1. The van der Waals surface area contributed by atoms with Crippen LogP contribution in [0.2, 0.25) is 0 Å². The molecule has 3 rings (SSSR count). The first-order valence-corrected chi connectivity index (χ1v) is 9.94. The van der Waals surface area contributed by atoms with Gasteiger partial charge < -0.3 is 5.32 Å². The highest BCUT2D eigenvalue weighted by Crippen LogP contribution is 2.27. The number of carbonyl (C=O) groups excluding carboxylic acids is 1. The van der Waals surface area contributed by atoms with Crippen molar-refractivity contribution in [1.29, 1.82) is 0 Å². The average Bonchev–Trinajstić information content (AvgIpc) is 3.01. The first kappa shape index (κ1) is 19.5. The molecule has 1 aliphatic rings.